The maximum atomic E-state index is 12.4. The van der Waals surface area contributed by atoms with Crippen LogP contribution in [0.15, 0.2) is 35.8 Å². The average Bonchev–Trinajstić information content (AvgIpc) is 2.48. The van der Waals surface area contributed by atoms with E-state index < -0.39 is 0 Å². The third-order valence-electron chi connectivity index (χ3n) is 2.94. The van der Waals surface area contributed by atoms with Gasteiger partial charge in [0.15, 0.2) is 0 Å². The van der Waals surface area contributed by atoms with Crippen LogP contribution in [-0.2, 0) is 9.47 Å². The average molecular weight is 274 g/mol. The van der Waals surface area contributed by atoms with E-state index in [4.69, 9.17) is 9.47 Å². The summed E-state index contributed by atoms with van der Waals surface area (Å²) in [5.74, 6) is -0.465. The Hall–Kier alpha value is -2.10. The lowest BCUT2D eigenvalue weighted by Crippen LogP contribution is -2.25. The molecular formula is C16H18O4. The van der Waals surface area contributed by atoms with Gasteiger partial charge in [0.1, 0.15) is 0 Å². The van der Waals surface area contributed by atoms with Gasteiger partial charge >= 0.3 is 0 Å². The first kappa shape index (κ1) is 14.3. The molecule has 0 bridgehead atoms. The number of allylic oxidation sites excluding steroid dienone is 2. The van der Waals surface area contributed by atoms with Crippen LogP contribution in [0.4, 0.5) is 0 Å². The molecule has 1 aliphatic rings. The molecule has 4 nitrogen and oxygen atoms in total. The smallest absolute Gasteiger partial charge is 0.232 e. The summed E-state index contributed by atoms with van der Waals surface area (Å²) in [6, 6.07) is 6.75. The van der Waals surface area contributed by atoms with E-state index in [2.05, 4.69) is 0 Å². The van der Waals surface area contributed by atoms with Crippen LogP contribution in [0.2, 0.25) is 0 Å². The Morgan fingerprint density at radius 2 is 1.20 bits per heavy atom. The lowest BCUT2D eigenvalue weighted by Gasteiger charge is -2.20. The van der Waals surface area contributed by atoms with E-state index in [1.807, 2.05) is 13.8 Å². The Bertz CT molecular complexity index is 508. The van der Waals surface area contributed by atoms with Gasteiger partial charge in [-0.15, -0.1) is 0 Å². The third kappa shape index (κ3) is 2.59. The van der Waals surface area contributed by atoms with Crippen LogP contribution in [0.5, 0.6) is 0 Å². The second-order valence-corrected chi connectivity index (χ2v) is 4.56. The van der Waals surface area contributed by atoms with Gasteiger partial charge in [-0.2, -0.15) is 0 Å². The number of Topliss-reactive ketones (excluding diaryl/α,β-unsaturated/α-hetero) is 2. The molecule has 1 aromatic rings. The predicted octanol–water partition coefficient (Wildman–Crippen LogP) is 3.13. The van der Waals surface area contributed by atoms with E-state index in [1.165, 1.54) is 0 Å². The molecule has 0 radical (unpaired) electrons. The van der Waals surface area contributed by atoms with Gasteiger partial charge < -0.3 is 9.47 Å². The number of fused-ring (bicyclic) bond motifs is 1. The van der Waals surface area contributed by atoms with Crippen molar-refractivity contribution in [3.63, 3.8) is 0 Å². The number of hydrogen-bond donors (Lipinski definition) is 0. The maximum Gasteiger partial charge on any atom is 0.232 e. The monoisotopic (exact) mass is 274 g/mol. The molecule has 0 saturated carbocycles. The fourth-order valence-corrected chi connectivity index (χ4v) is 2.00. The molecule has 0 spiro atoms. The van der Waals surface area contributed by atoms with Crippen LogP contribution in [-0.4, -0.2) is 24.8 Å². The van der Waals surface area contributed by atoms with E-state index in [0.717, 1.165) is 12.8 Å². The topological polar surface area (TPSA) is 52.6 Å². The van der Waals surface area contributed by atoms with Crippen molar-refractivity contribution in [2.75, 3.05) is 13.2 Å². The highest BCUT2D eigenvalue weighted by atomic mass is 16.5. The first-order chi connectivity index (χ1) is 9.70. The Morgan fingerprint density at radius 1 is 0.800 bits per heavy atom. The minimum atomic E-state index is -0.278. The van der Waals surface area contributed by atoms with Gasteiger partial charge in [-0.05, 0) is 12.8 Å². The molecular weight excluding hydrogens is 256 g/mol. The van der Waals surface area contributed by atoms with Crippen LogP contribution < -0.4 is 0 Å². The van der Waals surface area contributed by atoms with E-state index in [0.29, 0.717) is 24.3 Å². The summed E-state index contributed by atoms with van der Waals surface area (Å²) in [5.41, 5.74) is 0.764. The summed E-state index contributed by atoms with van der Waals surface area (Å²) in [6.45, 7) is 4.65. The second kappa shape index (κ2) is 6.37. The summed E-state index contributed by atoms with van der Waals surface area (Å²) < 4.78 is 10.9. The summed E-state index contributed by atoms with van der Waals surface area (Å²) in [6.07, 6.45) is 1.52. The summed E-state index contributed by atoms with van der Waals surface area (Å²) in [7, 11) is 0. The van der Waals surface area contributed by atoms with Gasteiger partial charge in [0.25, 0.3) is 0 Å². The number of ether oxygens (including phenoxy) is 2. The van der Waals surface area contributed by atoms with Crippen LogP contribution in [0.3, 0.4) is 0 Å². The lowest BCUT2D eigenvalue weighted by atomic mass is 9.92. The molecule has 0 saturated heterocycles. The number of rotatable bonds is 6. The van der Waals surface area contributed by atoms with Gasteiger partial charge in [-0.3, -0.25) is 9.59 Å². The Labute approximate surface area is 118 Å². The normalized spacial score (nSPS) is 14.3. The van der Waals surface area contributed by atoms with Gasteiger partial charge in [-0.1, -0.05) is 38.1 Å². The van der Waals surface area contributed by atoms with Crippen molar-refractivity contribution in [2.24, 2.45) is 0 Å². The molecule has 0 aliphatic heterocycles. The highest BCUT2D eigenvalue weighted by Crippen LogP contribution is 2.27. The third-order valence-corrected chi connectivity index (χ3v) is 2.94. The van der Waals surface area contributed by atoms with Crippen molar-refractivity contribution in [1.29, 1.82) is 0 Å². The standard InChI is InChI=1S/C16H18O4/c1-3-9-19-15-13(17)11-7-5-6-8-12(11)14(18)16(15)20-10-4-2/h5-8H,3-4,9-10H2,1-2H3. The lowest BCUT2D eigenvalue weighted by molar-refractivity contribution is 0.0752. The van der Waals surface area contributed by atoms with E-state index in [9.17, 15) is 9.59 Å². The van der Waals surface area contributed by atoms with Crippen molar-refractivity contribution in [3.05, 3.63) is 46.9 Å². The molecule has 0 atom stereocenters. The fourth-order valence-electron chi connectivity index (χ4n) is 2.00. The van der Waals surface area contributed by atoms with Crippen molar-refractivity contribution in [3.8, 4) is 0 Å². The summed E-state index contributed by atoms with van der Waals surface area (Å²) >= 11 is 0. The van der Waals surface area contributed by atoms with Crippen molar-refractivity contribution >= 4 is 11.6 Å². The number of hydrogen-bond acceptors (Lipinski definition) is 4. The van der Waals surface area contributed by atoms with Gasteiger partial charge in [0.2, 0.25) is 23.1 Å². The predicted molar refractivity (Wildman–Crippen MR) is 74.6 cm³/mol. The Balaban J connectivity index is 2.44. The van der Waals surface area contributed by atoms with Crippen LogP contribution in [0, 0.1) is 0 Å². The zero-order chi connectivity index (χ0) is 14.5. The molecule has 2 rings (SSSR count). The van der Waals surface area contributed by atoms with Gasteiger partial charge in [-0.25, -0.2) is 0 Å². The molecule has 0 amide bonds. The fraction of sp³-hybridized carbons (Fsp3) is 0.375. The van der Waals surface area contributed by atoms with Crippen LogP contribution in [0.1, 0.15) is 47.4 Å². The highest BCUT2D eigenvalue weighted by molar-refractivity contribution is 6.25. The molecule has 1 aromatic carbocycles. The number of carbonyl (C=O) groups excluding carboxylic acids is 2. The first-order valence-electron chi connectivity index (χ1n) is 6.89. The van der Waals surface area contributed by atoms with Crippen molar-refractivity contribution in [2.45, 2.75) is 26.7 Å². The molecule has 20 heavy (non-hydrogen) atoms. The van der Waals surface area contributed by atoms with Crippen molar-refractivity contribution < 1.29 is 19.1 Å². The quantitative estimate of drug-likeness (QED) is 0.799. The summed E-state index contributed by atoms with van der Waals surface area (Å²) in [4.78, 5) is 24.9. The Kier molecular flexibility index (Phi) is 4.56. The SMILES string of the molecule is CCCOC1=C(OCCC)C(=O)c2ccccc2C1=O. The molecule has 0 unspecified atom stereocenters. The molecule has 4 heteroatoms. The maximum absolute atomic E-state index is 12.4. The molecule has 0 N–H and O–H groups in total. The Morgan fingerprint density at radius 3 is 1.55 bits per heavy atom. The van der Waals surface area contributed by atoms with Crippen molar-refractivity contribution in [1.82, 2.24) is 0 Å². The number of carbonyl (C=O) groups is 2. The van der Waals surface area contributed by atoms with Crippen LogP contribution >= 0.6 is 0 Å². The molecule has 0 heterocycles. The minimum Gasteiger partial charge on any atom is -0.486 e. The first-order valence-corrected chi connectivity index (χ1v) is 6.89. The minimum absolute atomic E-state index is 0.0454. The second-order valence-electron chi connectivity index (χ2n) is 4.56. The van der Waals surface area contributed by atoms with Crippen LogP contribution in [0.25, 0.3) is 0 Å². The molecule has 0 fully saturated rings. The summed E-state index contributed by atoms with van der Waals surface area (Å²) in [5, 5.41) is 0. The molecule has 0 aromatic heterocycles. The van der Waals surface area contributed by atoms with E-state index >= 15 is 0 Å². The van der Waals surface area contributed by atoms with E-state index in [-0.39, 0.29) is 23.1 Å². The molecule has 1 aliphatic carbocycles. The number of benzene rings is 1. The van der Waals surface area contributed by atoms with Gasteiger partial charge in [0.05, 0.1) is 13.2 Å². The van der Waals surface area contributed by atoms with E-state index in [1.54, 1.807) is 24.3 Å². The number of ketones is 2. The zero-order valence-corrected chi connectivity index (χ0v) is 11.8. The highest BCUT2D eigenvalue weighted by Gasteiger charge is 2.34. The van der Waals surface area contributed by atoms with Gasteiger partial charge in [0, 0.05) is 11.1 Å². The largest absolute Gasteiger partial charge is 0.486 e. The zero-order valence-electron chi connectivity index (χ0n) is 11.8. The molecule has 106 valence electrons.